The van der Waals surface area contributed by atoms with Crippen LogP contribution >= 0.6 is 24.0 Å². The van der Waals surface area contributed by atoms with Crippen LogP contribution in [0.1, 0.15) is 5.56 Å². The lowest BCUT2D eigenvalue weighted by molar-refractivity contribution is 0.322. The lowest BCUT2D eigenvalue weighted by atomic mass is 10.1. The van der Waals surface area contributed by atoms with E-state index in [4.69, 9.17) is 4.74 Å². The Labute approximate surface area is 163 Å². The molecule has 0 saturated heterocycles. The van der Waals surface area contributed by atoms with Gasteiger partial charge in [0.25, 0.3) is 0 Å². The molecule has 7 heteroatoms. The molecule has 0 aromatic heterocycles. The largest absolute Gasteiger partial charge is 0.492 e. The molecule has 0 spiro atoms. The molecule has 2 N–H and O–H groups in total. The molecule has 0 saturated carbocycles. The van der Waals surface area contributed by atoms with E-state index in [2.05, 4.69) is 15.6 Å². The van der Waals surface area contributed by atoms with Crippen molar-refractivity contribution in [2.75, 3.05) is 26.7 Å². The first-order valence-electron chi connectivity index (χ1n) is 7.76. The molecule has 0 fully saturated rings. The Hall–Kier alpha value is -1.90. The number of nitrogens with one attached hydrogen (secondary N) is 2. The molecule has 136 valence electrons. The number of ether oxygens (including phenoxy) is 1. The van der Waals surface area contributed by atoms with Gasteiger partial charge in [0.15, 0.2) is 17.6 Å². The summed E-state index contributed by atoms with van der Waals surface area (Å²) >= 11 is 0. The van der Waals surface area contributed by atoms with Crippen LogP contribution < -0.4 is 15.4 Å². The predicted octanol–water partition coefficient (Wildman–Crippen LogP) is 3.37. The van der Waals surface area contributed by atoms with Crippen molar-refractivity contribution in [3.63, 3.8) is 0 Å². The van der Waals surface area contributed by atoms with Gasteiger partial charge in [-0.3, -0.25) is 4.99 Å². The first-order valence-corrected chi connectivity index (χ1v) is 7.76. The van der Waals surface area contributed by atoms with Gasteiger partial charge in [-0.25, -0.2) is 8.78 Å². The second kappa shape index (κ2) is 11.6. The van der Waals surface area contributed by atoms with Gasteiger partial charge in [0.1, 0.15) is 12.4 Å². The highest BCUT2D eigenvalue weighted by Gasteiger charge is 2.07. The zero-order valence-corrected chi connectivity index (χ0v) is 16.3. The van der Waals surface area contributed by atoms with E-state index in [9.17, 15) is 8.78 Å². The molecule has 0 aliphatic rings. The summed E-state index contributed by atoms with van der Waals surface area (Å²) in [5.74, 6) is -0.223. The molecule has 25 heavy (non-hydrogen) atoms. The minimum atomic E-state index is -0.826. The Morgan fingerprint density at radius 2 is 1.72 bits per heavy atom. The van der Waals surface area contributed by atoms with Gasteiger partial charge < -0.3 is 15.4 Å². The number of hydrogen-bond acceptors (Lipinski definition) is 2. The van der Waals surface area contributed by atoms with Crippen LogP contribution in [-0.2, 0) is 6.42 Å². The van der Waals surface area contributed by atoms with Gasteiger partial charge in [0.2, 0.25) is 0 Å². The molecule has 2 aromatic carbocycles. The van der Waals surface area contributed by atoms with Gasteiger partial charge in [0.05, 0.1) is 6.54 Å². The summed E-state index contributed by atoms with van der Waals surface area (Å²) in [6.45, 7) is 1.51. The highest BCUT2D eigenvalue weighted by atomic mass is 127. The van der Waals surface area contributed by atoms with Crippen LogP contribution in [0, 0.1) is 11.6 Å². The molecular weight excluding hydrogens is 439 g/mol. The fraction of sp³-hybridized carbons (Fsp3) is 0.278. The lowest BCUT2D eigenvalue weighted by Gasteiger charge is -2.12. The quantitative estimate of drug-likeness (QED) is 0.288. The van der Waals surface area contributed by atoms with Crippen molar-refractivity contribution in [2.24, 2.45) is 4.99 Å². The SMILES string of the molecule is CN=C(NCCOc1ccccc1)NCCc1cccc(F)c1F.I. The minimum Gasteiger partial charge on any atom is -0.492 e. The van der Waals surface area contributed by atoms with E-state index < -0.39 is 11.6 Å². The Kier molecular flexibility index (Phi) is 9.83. The van der Waals surface area contributed by atoms with E-state index in [0.29, 0.717) is 37.6 Å². The monoisotopic (exact) mass is 461 g/mol. The number of para-hydroxylation sites is 1. The van der Waals surface area contributed by atoms with Crippen molar-refractivity contribution in [2.45, 2.75) is 6.42 Å². The highest BCUT2D eigenvalue weighted by molar-refractivity contribution is 14.0. The van der Waals surface area contributed by atoms with E-state index in [1.54, 1.807) is 13.1 Å². The van der Waals surface area contributed by atoms with Crippen molar-refractivity contribution in [3.05, 3.63) is 65.7 Å². The maximum absolute atomic E-state index is 13.6. The van der Waals surface area contributed by atoms with E-state index in [1.807, 2.05) is 30.3 Å². The molecule has 0 aliphatic carbocycles. The summed E-state index contributed by atoms with van der Waals surface area (Å²) in [5.41, 5.74) is 0.338. The van der Waals surface area contributed by atoms with Gasteiger partial charge in [-0.1, -0.05) is 30.3 Å². The van der Waals surface area contributed by atoms with Crippen molar-refractivity contribution < 1.29 is 13.5 Å². The zero-order valence-electron chi connectivity index (χ0n) is 14.0. The number of hydrogen-bond donors (Lipinski definition) is 2. The van der Waals surface area contributed by atoms with Gasteiger partial charge in [-0.15, -0.1) is 24.0 Å². The number of guanidine groups is 1. The number of benzene rings is 2. The van der Waals surface area contributed by atoms with Gasteiger partial charge >= 0.3 is 0 Å². The number of halogens is 3. The molecule has 2 rings (SSSR count). The Morgan fingerprint density at radius 1 is 1.00 bits per heavy atom. The average Bonchev–Trinajstić information content (AvgIpc) is 2.61. The van der Waals surface area contributed by atoms with Crippen molar-refractivity contribution in [1.82, 2.24) is 10.6 Å². The summed E-state index contributed by atoms with van der Waals surface area (Å²) in [4.78, 5) is 4.07. The Morgan fingerprint density at radius 3 is 2.44 bits per heavy atom. The third kappa shape index (κ3) is 7.25. The third-order valence-corrected chi connectivity index (χ3v) is 3.35. The van der Waals surface area contributed by atoms with Crippen LogP contribution in [0.4, 0.5) is 8.78 Å². The molecule has 0 aliphatic heterocycles. The second-order valence-electron chi connectivity index (χ2n) is 5.05. The molecule has 2 aromatic rings. The highest BCUT2D eigenvalue weighted by Crippen LogP contribution is 2.11. The minimum absolute atomic E-state index is 0. The molecule has 0 bridgehead atoms. The summed E-state index contributed by atoms with van der Waals surface area (Å²) in [5, 5.41) is 6.16. The number of rotatable bonds is 7. The lowest BCUT2D eigenvalue weighted by Crippen LogP contribution is -2.40. The van der Waals surface area contributed by atoms with Gasteiger partial charge in [-0.05, 0) is 30.2 Å². The van der Waals surface area contributed by atoms with Gasteiger partial charge in [0, 0.05) is 13.6 Å². The Bertz CT molecular complexity index is 669. The maximum Gasteiger partial charge on any atom is 0.191 e. The van der Waals surface area contributed by atoms with Crippen molar-refractivity contribution in [1.29, 1.82) is 0 Å². The standard InChI is InChI=1S/C18H21F2N3O.HI/c1-21-18(23-12-13-24-15-7-3-2-4-8-15)22-11-10-14-6-5-9-16(19)17(14)20;/h2-9H,10-13H2,1H3,(H2,21,22,23);1H. The summed E-state index contributed by atoms with van der Waals surface area (Å²) in [6.07, 6.45) is 0.366. The van der Waals surface area contributed by atoms with Crippen LogP contribution in [0.3, 0.4) is 0 Å². The van der Waals surface area contributed by atoms with E-state index in [0.717, 1.165) is 11.8 Å². The second-order valence-corrected chi connectivity index (χ2v) is 5.05. The average molecular weight is 461 g/mol. The zero-order chi connectivity index (χ0) is 17.2. The van der Waals surface area contributed by atoms with Crippen molar-refractivity contribution >= 4 is 29.9 Å². The van der Waals surface area contributed by atoms with Crippen LogP contribution in [0.15, 0.2) is 53.5 Å². The predicted molar refractivity (Wildman–Crippen MR) is 107 cm³/mol. The first-order chi connectivity index (χ1) is 11.7. The van der Waals surface area contributed by atoms with Crippen LogP contribution in [0.5, 0.6) is 5.75 Å². The Balaban J connectivity index is 0.00000312. The van der Waals surface area contributed by atoms with Gasteiger partial charge in [-0.2, -0.15) is 0 Å². The van der Waals surface area contributed by atoms with Crippen molar-refractivity contribution in [3.8, 4) is 5.75 Å². The fourth-order valence-corrected chi connectivity index (χ4v) is 2.13. The molecule has 0 radical (unpaired) electrons. The normalized spacial score (nSPS) is 10.8. The molecule has 0 heterocycles. The number of aliphatic imine (C=N–C) groups is 1. The smallest absolute Gasteiger partial charge is 0.191 e. The topological polar surface area (TPSA) is 45.7 Å². The third-order valence-electron chi connectivity index (χ3n) is 3.35. The summed E-state index contributed by atoms with van der Waals surface area (Å²) < 4.78 is 32.3. The van der Waals surface area contributed by atoms with E-state index in [1.165, 1.54) is 6.07 Å². The number of nitrogens with zero attached hydrogens (tertiary/aromatic N) is 1. The van der Waals surface area contributed by atoms with Crippen LogP contribution in [-0.4, -0.2) is 32.7 Å². The summed E-state index contributed by atoms with van der Waals surface area (Å²) in [7, 11) is 1.65. The first kappa shape index (κ1) is 21.1. The van der Waals surface area contributed by atoms with Crippen LogP contribution in [0.25, 0.3) is 0 Å². The fourth-order valence-electron chi connectivity index (χ4n) is 2.13. The van der Waals surface area contributed by atoms with Crippen LogP contribution in [0.2, 0.25) is 0 Å². The molecular formula is C18H22F2IN3O. The molecule has 0 unspecified atom stereocenters. The molecule has 0 amide bonds. The molecule has 4 nitrogen and oxygen atoms in total. The van der Waals surface area contributed by atoms with E-state index >= 15 is 0 Å². The van der Waals surface area contributed by atoms with E-state index in [-0.39, 0.29) is 24.0 Å². The summed E-state index contributed by atoms with van der Waals surface area (Å²) in [6, 6.07) is 13.7. The maximum atomic E-state index is 13.6. The molecule has 0 atom stereocenters.